The Balaban J connectivity index is 2.08. The molecule has 18 heavy (non-hydrogen) atoms. The fourth-order valence-electron chi connectivity index (χ4n) is 1.60. The van der Waals surface area contributed by atoms with Gasteiger partial charge >= 0.3 is 0 Å². The van der Waals surface area contributed by atoms with E-state index in [-0.39, 0.29) is 0 Å². The largest absolute Gasteiger partial charge is 0.494 e. The Morgan fingerprint density at radius 3 is 2.67 bits per heavy atom. The van der Waals surface area contributed by atoms with Gasteiger partial charge in [-0.05, 0) is 43.2 Å². The molecule has 0 saturated heterocycles. The molecule has 1 N–H and O–H groups in total. The highest BCUT2D eigenvalue weighted by atomic mass is 32.1. The third-order valence-electron chi connectivity index (χ3n) is 2.48. The smallest absolute Gasteiger partial charge is 0.183 e. The van der Waals surface area contributed by atoms with Gasteiger partial charge in [0.2, 0.25) is 0 Å². The second-order valence-corrected chi connectivity index (χ2v) is 4.94. The quantitative estimate of drug-likeness (QED) is 0.853. The van der Waals surface area contributed by atoms with Crippen LogP contribution in [-0.2, 0) is 0 Å². The van der Waals surface area contributed by atoms with E-state index >= 15 is 0 Å². The van der Waals surface area contributed by atoms with Gasteiger partial charge in [0.25, 0.3) is 0 Å². The van der Waals surface area contributed by atoms with Crippen LogP contribution in [0, 0.1) is 0 Å². The Kier molecular flexibility index (Phi) is 4.59. The lowest BCUT2D eigenvalue weighted by molar-refractivity contribution is 0.340. The van der Waals surface area contributed by atoms with E-state index in [1.165, 1.54) is 10.4 Å². The van der Waals surface area contributed by atoms with Gasteiger partial charge in [-0.3, -0.25) is 0 Å². The molecular weight excluding hydrogens is 244 g/mol. The molecule has 3 nitrogen and oxygen atoms in total. The van der Waals surface area contributed by atoms with E-state index in [4.69, 9.17) is 4.74 Å². The Labute approximate surface area is 112 Å². The third-order valence-corrected chi connectivity index (χ3v) is 3.49. The summed E-state index contributed by atoms with van der Waals surface area (Å²) in [5.74, 6) is 0.912. The second kappa shape index (κ2) is 6.40. The highest BCUT2D eigenvalue weighted by Gasteiger charge is 2.04. The van der Waals surface area contributed by atoms with Crippen LogP contribution in [0.1, 0.15) is 20.3 Å². The normalized spacial score (nSPS) is 10.3. The predicted octanol–water partition coefficient (Wildman–Crippen LogP) is 4.03. The topological polar surface area (TPSA) is 34.2 Å². The van der Waals surface area contributed by atoms with Crippen molar-refractivity contribution in [2.24, 2.45) is 0 Å². The first-order chi connectivity index (χ1) is 8.83. The first-order valence-corrected chi connectivity index (χ1v) is 7.08. The molecule has 0 aliphatic heterocycles. The third kappa shape index (κ3) is 3.23. The number of benzene rings is 1. The molecule has 0 fully saturated rings. The zero-order chi connectivity index (χ0) is 12.8. The maximum absolute atomic E-state index is 5.43. The lowest BCUT2D eigenvalue weighted by atomic mass is 10.2. The first-order valence-electron chi connectivity index (χ1n) is 6.26. The summed E-state index contributed by atoms with van der Waals surface area (Å²) in [4.78, 5) is 5.54. The van der Waals surface area contributed by atoms with Gasteiger partial charge in [0.05, 0.1) is 11.5 Å². The van der Waals surface area contributed by atoms with Crippen LogP contribution in [0.5, 0.6) is 5.75 Å². The van der Waals surface area contributed by atoms with E-state index < -0.39 is 0 Å². The minimum atomic E-state index is 0.699. The average molecular weight is 262 g/mol. The lowest BCUT2D eigenvalue weighted by Crippen LogP contribution is -1.97. The molecule has 0 aliphatic rings. The van der Waals surface area contributed by atoms with Crippen LogP contribution in [0.25, 0.3) is 10.4 Å². The fraction of sp³-hybridized carbons (Fsp3) is 0.357. The van der Waals surface area contributed by atoms with Crippen molar-refractivity contribution in [1.29, 1.82) is 0 Å². The molecule has 4 heteroatoms. The number of ether oxygens (including phenoxy) is 1. The van der Waals surface area contributed by atoms with E-state index in [9.17, 15) is 0 Å². The van der Waals surface area contributed by atoms with Gasteiger partial charge < -0.3 is 10.1 Å². The molecule has 0 unspecified atom stereocenters. The van der Waals surface area contributed by atoms with Gasteiger partial charge in [0.15, 0.2) is 5.13 Å². The SMILES string of the molecule is CCCNc1ncc(-c2ccc(OCC)cc2)s1. The molecule has 0 atom stereocenters. The van der Waals surface area contributed by atoms with Crippen LogP contribution < -0.4 is 10.1 Å². The Hall–Kier alpha value is -1.55. The summed E-state index contributed by atoms with van der Waals surface area (Å²) in [6.45, 7) is 5.80. The number of nitrogens with one attached hydrogen (secondary N) is 1. The monoisotopic (exact) mass is 262 g/mol. The number of thiazole rings is 1. The molecule has 2 aromatic rings. The lowest BCUT2D eigenvalue weighted by Gasteiger charge is -2.03. The summed E-state index contributed by atoms with van der Waals surface area (Å²) in [6.07, 6.45) is 3.02. The molecule has 0 radical (unpaired) electrons. The van der Waals surface area contributed by atoms with Crippen molar-refractivity contribution in [1.82, 2.24) is 4.98 Å². The van der Waals surface area contributed by atoms with Crippen LogP contribution in [-0.4, -0.2) is 18.1 Å². The maximum Gasteiger partial charge on any atom is 0.183 e. The Bertz CT molecular complexity index is 479. The van der Waals surface area contributed by atoms with Crippen molar-refractivity contribution in [3.8, 4) is 16.2 Å². The Morgan fingerprint density at radius 1 is 1.22 bits per heavy atom. The van der Waals surface area contributed by atoms with Crippen molar-refractivity contribution < 1.29 is 4.74 Å². The van der Waals surface area contributed by atoms with Crippen LogP contribution in [0.15, 0.2) is 30.5 Å². The van der Waals surface area contributed by atoms with Crippen molar-refractivity contribution in [3.05, 3.63) is 30.5 Å². The van der Waals surface area contributed by atoms with E-state index in [0.717, 1.165) is 23.8 Å². The number of aromatic nitrogens is 1. The minimum Gasteiger partial charge on any atom is -0.494 e. The maximum atomic E-state index is 5.43. The molecule has 2 rings (SSSR count). The van der Waals surface area contributed by atoms with Gasteiger partial charge in [0.1, 0.15) is 5.75 Å². The van der Waals surface area contributed by atoms with Crippen LogP contribution in [0.3, 0.4) is 0 Å². The van der Waals surface area contributed by atoms with Crippen molar-refractivity contribution in [3.63, 3.8) is 0 Å². The van der Waals surface area contributed by atoms with Crippen LogP contribution >= 0.6 is 11.3 Å². The van der Waals surface area contributed by atoms with Crippen molar-refractivity contribution in [2.75, 3.05) is 18.5 Å². The molecule has 1 heterocycles. The van der Waals surface area contributed by atoms with E-state index in [1.54, 1.807) is 11.3 Å². The highest BCUT2D eigenvalue weighted by Crippen LogP contribution is 2.30. The number of hydrogen-bond acceptors (Lipinski definition) is 4. The molecular formula is C14H18N2OS. The van der Waals surface area contributed by atoms with Gasteiger partial charge in [-0.1, -0.05) is 18.3 Å². The number of nitrogens with zero attached hydrogens (tertiary/aromatic N) is 1. The summed E-state index contributed by atoms with van der Waals surface area (Å²) in [6, 6.07) is 8.14. The molecule has 0 spiro atoms. The molecule has 0 aliphatic carbocycles. The fourth-order valence-corrected chi connectivity index (χ4v) is 2.45. The molecule has 0 bridgehead atoms. The predicted molar refractivity (Wildman–Crippen MR) is 77.5 cm³/mol. The van der Waals surface area contributed by atoms with Crippen molar-refractivity contribution in [2.45, 2.75) is 20.3 Å². The van der Waals surface area contributed by atoms with E-state index in [1.807, 2.05) is 25.3 Å². The molecule has 0 saturated carbocycles. The van der Waals surface area contributed by atoms with Gasteiger partial charge in [-0.15, -0.1) is 0 Å². The van der Waals surface area contributed by atoms with Gasteiger partial charge in [0, 0.05) is 12.7 Å². The van der Waals surface area contributed by atoms with Gasteiger partial charge in [-0.25, -0.2) is 4.98 Å². The van der Waals surface area contributed by atoms with Crippen LogP contribution in [0.4, 0.5) is 5.13 Å². The minimum absolute atomic E-state index is 0.699. The molecule has 96 valence electrons. The summed E-state index contributed by atoms with van der Waals surface area (Å²) < 4.78 is 5.43. The summed E-state index contributed by atoms with van der Waals surface area (Å²) >= 11 is 1.68. The number of hydrogen-bond donors (Lipinski definition) is 1. The summed E-state index contributed by atoms with van der Waals surface area (Å²) in [5, 5.41) is 4.29. The number of rotatable bonds is 6. The molecule has 0 amide bonds. The molecule has 1 aromatic heterocycles. The van der Waals surface area contributed by atoms with E-state index in [0.29, 0.717) is 6.61 Å². The Morgan fingerprint density at radius 2 is 2.00 bits per heavy atom. The molecule has 1 aromatic carbocycles. The summed E-state index contributed by atoms with van der Waals surface area (Å²) in [5.41, 5.74) is 1.18. The van der Waals surface area contributed by atoms with Crippen LogP contribution in [0.2, 0.25) is 0 Å². The number of anilines is 1. The first kappa shape index (κ1) is 12.9. The van der Waals surface area contributed by atoms with E-state index in [2.05, 4.69) is 29.4 Å². The van der Waals surface area contributed by atoms with Gasteiger partial charge in [-0.2, -0.15) is 0 Å². The van der Waals surface area contributed by atoms with Crippen molar-refractivity contribution >= 4 is 16.5 Å². The summed E-state index contributed by atoms with van der Waals surface area (Å²) in [7, 11) is 0. The average Bonchev–Trinajstić information content (AvgIpc) is 2.86. The zero-order valence-corrected chi connectivity index (χ0v) is 11.6. The highest BCUT2D eigenvalue weighted by molar-refractivity contribution is 7.18. The second-order valence-electron chi connectivity index (χ2n) is 3.91. The standard InChI is InChI=1S/C14H18N2OS/c1-3-9-15-14-16-10-13(18-14)11-5-7-12(8-6-11)17-4-2/h5-8,10H,3-4,9H2,1-2H3,(H,15,16). The zero-order valence-electron chi connectivity index (χ0n) is 10.8.